The lowest BCUT2D eigenvalue weighted by Crippen LogP contribution is -2.51. The maximum absolute atomic E-state index is 13.4. The Kier molecular flexibility index (Phi) is 9.13. The number of carbonyl (C=O) groups excluding carboxylic acids is 4. The van der Waals surface area contributed by atoms with Crippen LogP contribution in [0, 0.1) is 23.2 Å². The van der Waals surface area contributed by atoms with E-state index < -0.39 is 77.6 Å². The van der Waals surface area contributed by atoms with Crippen LogP contribution in [0.25, 0.3) is 0 Å². The van der Waals surface area contributed by atoms with Gasteiger partial charge in [-0.1, -0.05) is 43.2 Å². The zero-order chi connectivity index (χ0) is 29.9. The summed E-state index contributed by atoms with van der Waals surface area (Å²) in [5.41, 5.74) is -2.19. The molecule has 2 heterocycles. The summed E-state index contributed by atoms with van der Waals surface area (Å²) in [5.74, 6) is -9.70. The lowest BCUT2D eigenvalue weighted by molar-refractivity contribution is -0.206. The standard InChI is InChI=1S/C31H38O10/c1-3-5-7-8-9-11-12-18-14-23-30(17-24(34)35)16-20-25(28(37)40-27(20)36)26(31(23,39)41-29(30)38)19(18)15-22(33)21(32)13-10-6-4-2/h3-6,14,18-19,22,26,33,39H,7-13,15-17H2,1-2H3,(H,34,35)/b5-3+,6-4+/t18-,19+,22?,26+,30-,31+/m1/s1. The minimum absolute atomic E-state index is 0.0291. The second-order valence-corrected chi connectivity index (χ2v) is 11.4. The Morgan fingerprint density at radius 2 is 1.78 bits per heavy atom. The van der Waals surface area contributed by atoms with Crippen LogP contribution in [0.5, 0.6) is 0 Å². The van der Waals surface area contributed by atoms with Crippen LogP contribution in [-0.2, 0) is 33.4 Å². The van der Waals surface area contributed by atoms with E-state index in [1.54, 1.807) is 12.2 Å². The molecule has 1 unspecified atom stereocenters. The Morgan fingerprint density at radius 1 is 1.07 bits per heavy atom. The van der Waals surface area contributed by atoms with Gasteiger partial charge >= 0.3 is 23.9 Å². The van der Waals surface area contributed by atoms with Gasteiger partial charge in [0, 0.05) is 18.4 Å². The van der Waals surface area contributed by atoms with Crippen molar-refractivity contribution >= 4 is 29.7 Å². The molecule has 6 atom stereocenters. The minimum atomic E-state index is -2.42. The van der Waals surface area contributed by atoms with Crippen molar-refractivity contribution < 1.29 is 48.8 Å². The van der Waals surface area contributed by atoms with Crippen LogP contribution < -0.4 is 0 Å². The molecule has 0 spiro atoms. The highest BCUT2D eigenvalue weighted by atomic mass is 16.7. The Balaban J connectivity index is 1.80. The van der Waals surface area contributed by atoms with Crippen molar-refractivity contribution in [1.29, 1.82) is 0 Å². The van der Waals surface area contributed by atoms with E-state index in [-0.39, 0.29) is 29.6 Å². The third-order valence-electron chi connectivity index (χ3n) is 8.84. The van der Waals surface area contributed by atoms with Crippen LogP contribution in [0.15, 0.2) is 47.1 Å². The highest BCUT2D eigenvalue weighted by molar-refractivity contribution is 6.14. The number of hydrogen-bond acceptors (Lipinski definition) is 9. The smallest absolute Gasteiger partial charge is 0.343 e. The quantitative estimate of drug-likeness (QED) is 0.122. The fraction of sp³-hybridized carbons (Fsp3) is 0.581. The van der Waals surface area contributed by atoms with Gasteiger partial charge < -0.3 is 24.8 Å². The number of aliphatic hydroxyl groups is 2. The van der Waals surface area contributed by atoms with E-state index in [2.05, 4.69) is 6.08 Å². The first-order chi connectivity index (χ1) is 19.5. The second-order valence-electron chi connectivity index (χ2n) is 11.4. The number of aliphatic carboxylic acids is 1. The first-order valence-corrected chi connectivity index (χ1v) is 14.3. The normalized spacial score (nSPS) is 31.3. The third kappa shape index (κ3) is 5.59. The topological polar surface area (TPSA) is 164 Å². The number of carboxylic acids is 1. The lowest BCUT2D eigenvalue weighted by Gasteiger charge is -2.45. The number of cyclic esters (lactones) is 2. The van der Waals surface area contributed by atoms with Crippen LogP contribution in [-0.4, -0.2) is 56.9 Å². The number of unbranched alkanes of at least 4 members (excludes halogenated alkanes) is 3. The number of fused-ring (bicyclic) bond motifs is 1. The second kappa shape index (κ2) is 12.2. The molecule has 0 aromatic rings. The highest BCUT2D eigenvalue weighted by Gasteiger charge is 2.72. The number of hydrogen-bond donors (Lipinski definition) is 3. The van der Waals surface area contributed by atoms with Gasteiger partial charge in [0.25, 0.3) is 0 Å². The zero-order valence-corrected chi connectivity index (χ0v) is 23.5. The molecular formula is C31H38O10. The summed E-state index contributed by atoms with van der Waals surface area (Å²) >= 11 is 0. The molecule has 41 heavy (non-hydrogen) atoms. The van der Waals surface area contributed by atoms with Gasteiger partial charge in [-0.15, -0.1) is 0 Å². The summed E-state index contributed by atoms with van der Waals surface area (Å²) in [6, 6.07) is 0. The molecule has 10 heteroatoms. The maximum Gasteiger partial charge on any atom is 0.343 e. The van der Waals surface area contributed by atoms with Crippen LogP contribution in [0.4, 0.5) is 0 Å². The molecule has 222 valence electrons. The molecule has 2 aliphatic heterocycles. The molecule has 3 N–H and O–H groups in total. The van der Waals surface area contributed by atoms with Gasteiger partial charge in [0.15, 0.2) is 5.78 Å². The highest BCUT2D eigenvalue weighted by Crippen LogP contribution is 2.64. The van der Waals surface area contributed by atoms with E-state index in [0.29, 0.717) is 12.8 Å². The number of allylic oxidation sites excluding steroid dienone is 5. The SMILES string of the molecule is C/C=C/CCCCC[C@@H]1C=C2[C@]3(CC(=O)O)CC4=C(C(=O)OC4=O)[C@H]([C@H]1CC(O)C(=O)CC/C=C/C)[C@@]2(O)OC3=O. The van der Waals surface area contributed by atoms with Crippen molar-refractivity contribution in [3.05, 3.63) is 47.1 Å². The number of rotatable bonds is 14. The number of Topliss-reactive ketones (excluding diaryl/α,β-unsaturated/α-hetero) is 1. The van der Waals surface area contributed by atoms with Crippen LogP contribution in [0.3, 0.4) is 0 Å². The van der Waals surface area contributed by atoms with Gasteiger partial charge in [0.1, 0.15) is 11.5 Å². The average molecular weight is 571 g/mol. The number of carboxylic acid groups (broad SMARTS) is 1. The summed E-state index contributed by atoms with van der Waals surface area (Å²) in [4.78, 5) is 64.1. The number of esters is 3. The van der Waals surface area contributed by atoms with Gasteiger partial charge in [-0.05, 0) is 57.8 Å². The number of ketones is 1. The van der Waals surface area contributed by atoms with Crippen molar-refractivity contribution in [2.45, 2.75) is 89.9 Å². The lowest BCUT2D eigenvalue weighted by atomic mass is 9.61. The molecule has 4 aliphatic rings. The maximum atomic E-state index is 13.4. The van der Waals surface area contributed by atoms with Gasteiger partial charge in [0.05, 0.1) is 23.5 Å². The van der Waals surface area contributed by atoms with E-state index in [9.17, 15) is 39.3 Å². The summed E-state index contributed by atoms with van der Waals surface area (Å²) in [6.07, 6.45) is 11.0. The molecule has 0 aromatic heterocycles. The third-order valence-corrected chi connectivity index (χ3v) is 8.84. The largest absolute Gasteiger partial charge is 0.481 e. The van der Waals surface area contributed by atoms with Gasteiger partial charge in [0.2, 0.25) is 5.79 Å². The molecule has 0 aromatic carbocycles. The summed E-state index contributed by atoms with van der Waals surface area (Å²) in [5, 5.41) is 32.8. The van der Waals surface area contributed by atoms with Crippen molar-refractivity contribution in [2.24, 2.45) is 23.2 Å². The number of aliphatic hydroxyl groups excluding tert-OH is 1. The van der Waals surface area contributed by atoms with Gasteiger partial charge in [-0.25, -0.2) is 9.59 Å². The van der Waals surface area contributed by atoms with E-state index >= 15 is 0 Å². The van der Waals surface area contributed by atoms with Crippen molar-refractivity contribution in [1.82, 2.24) is 0 Å². The summed E-state index contributed by atoms with van der Waals surface area (Å²) in [6.45, 7) is 3.77. The Morgan fingerprint density at radius 3 is 2.46 bits per heavy atom. The van der Waals surface area contributed by atoms with E-state index in [1.807, 2.05) is 26.0 Å². The molecule has 4 rings (SSSR count). The molecule has 10 nitrogen and oxygen atoms in total. The van der Waals surface area contributed by atoms with Crippen molar-refractivity contribution in [3.63, 3.8) is 0 Å². The average Bonchev–Trinajstić information content (AvgIpc) is 3.26. The predicted molar refractivity (Wildman–Crippen MR) is 145 cm³/mol. The van der Waals surface area contributed by atoms with E-state index in [4.69, 9.17) is 9.47 Å². The number of ether oxygens (including phenoxy) is 2. The molecule has 1 fully saturated rings. The molecule has 0 saturated carbocycles. The number of carbonyl (C=O) groups is 5. The molecular weight excluding hydrogens is 532 g/mol. The van der Waals surface area contributed by atoms with Crippen molar-refractivity contribution in [2.75, 3.05) is 0 Å². The molecule has 0 radical (unpaired) electrons. The Hall–Kier alpha value is -3.37. The van der Waals surface area contributed by atoms with Crippen LogP contribution in [0.2, 0.25) is 0 Å². The van der Waals surface area contributed by atoms with E-state index in [1.165, 1.54) is 0 Å². The Labute approximate surface area is 238 Å². The van der Waals surface area contributed by atoms with Gasteiger partial charge in [-0.2, -0.15) is 0 Å². The minimum Gasteiger partial charge on any atom is -0.481 e. The molecule has 1 saturated heterocycles. The monoisotopic (exact) mass is 570 g/mol. The van der Waals surface area contributed by atoms with Crippen LogP contribution >= 0.6 is 0 Å². The molecule has 2 aliphatic carbocycles. The van der Waals surface area contributed by atoms with Crippen molar-refractivity contribution in [3.8, 4) is 0 Å². The van der Waals surface area contributed by atoms with E-state index in [0.717, 1.165) is 25.7 Å². The molecule has 4 bridgehead atoms. The van der Waals surface area contributed by atoms with Crippen LogP contribution in [0.1, 0.15) is 78.1 Å². The summed E-state index contributed by atoms with van der Waals surface area (Å²) < 4.78 is 10.4. The summed E-state index contributed by atoms with van der Waals surface area (Å²) in [7, 11) is 0. The Bertz CT molecular complexity index is 1240. The molecule has 0 amide bonds. The van der Waals surface area contributed by atoms with Gasteiger partial charge in [-0.3, -0.25) is 14.4 Å². The zero-order valence-electron chi connectivity index (χ0n) is 23.5. The first-order valence-electron chi connectivity index (χ1n) is 14.3. The first kappa shape index (κ1) is 30.6. The fourth-order valence-corrected chi connectivity index (χ4v) is 6.96. The predicted octanol–water partition coefficient (Wildman–Crippen LogP) is 3.47. The fourth-order valence-electron chi connectivity index (χ4n) is 6.96.